The Hall–Kier alpha value is 0.894. The van der Waals surface area contributed by atoms with Crippen LogP contribution in [0.5, 0.6) is 0 Å². The van der Waals surface area contributed by atoms with E-state index in [2.05, 4.69) is 12.5 Å². The van der Waals surface area contributed by atoms with Gasteiger partial charge in [-0.15, -0.1) is 0 Å². The SMILES string of the molecule is [Fe+2].[O-][B][S-]. The molecule has 0 N–H and O–H groups in total. The van der Waals surface area contributed by atoms with Crippen LogP contribution < -0.4 is 5.02 Å². The predicted octanol–water partition coefficient (Wildman–Crippen LogP) is -1.57. The van der Waals surface area contributed by atoms with Crippen LogP contribution in [-0.2, 0) is 29.5 Å². The third kappa shape index (κ3) is 13.0. The molecule has 1 nitrogen and oxygen atoms in total. The van der Waals surface area contributed by atoms with E-state index in [1.807, 2.05) is 0 Å². The molecule has 4 heavy (non-hydrogen) atoms. The molecule has 0 amide bonds. The molecule has 23 valence electrons. The molecule has 0 aliphatic heterocycles. The first kappa shape index (κ1) is 8.86. The molecular weight excluding hydrogens is 115 g/mol. The quantitative estimate of drug-likeness (QED) is 0.281. The molecule has 0 aliphatic rings. The van der Waals surface area contributed by atoms with E-state index >= 15 is 0 Å². The summed E-state index contributed by atoms with van der Waals surface area (Å²) in [5, 5.41) is 8.62. The Morgan fingerprint density at radius 3 is 1.75 bits per heavy atom. The van der Waals surface area contributed by atoms with E-state index in [1.54, 1.807) is 0 Å². The second-order valence-electron chi connectivity index (χ2n) is 0.0962. The number of rotatable bonds is 0. The molecule has 0 heterocycles. The van der Waals surface area contributed by atoms with E-state index in [-0.39, 0.29) is 17.1 Å². The molecule has 0 bridgehead atoms. The van der Waals surface area contributed by atoms with Gasteiger partial charge in [-0.1, -0.05) is 0 Å². The standard InChI is InChI=1S/BOS.Fe/c2-1-3;/q-2;+2. The molecule has 0 saturated heterocycles. The fourth-order valence-corrected chi connectivity index (χ4v) is 0. The Morgan fingerprint density at radius 2 is 1.75 bits per heavy atom. The van der Waals surface area contributed by atoms with Crippen molar-refractivity contribution in [1.82, 2.24) is 0 Å². The fourth-order valence-electron chi connectivity index (χ4n) is 0. The molecule has 0 aromatic rings. The monoisotopic (exact) mass is 115 g/mol. The van der Waals surface area contributed by atoms with Crippen molar-refractivity contribution in [2.24, 2.45) is 0 Å². The van der Waals surface area contributed by atoms with Crippen LogP contribution in [0.1, 0.15) is 0 Å². The summed E-state index contributed by atoms with van der Waals surface area (Å²) < 4.78 is 0. The first-order valence-corrected chi connectivity index (χ1v) is 0.943. The van der Waals surface area contributed by atoms with Crippen molar-refractivity contribution in [2.45, 2.75) is 0 Å². The maximum atomic E-state index is 8.62. The molecule has 0 unspecified atom stereocenters. The maximum absolute atomic E-state index is 8.62. The summed E-state index contributed by atoms with van der Waals surface area (Å²) in [5.74, 6) is 0. The molecule has 0 aromatic carbocycles. The van der Waals surface area contributed by atoms with E-state index < -0.39 is 0 Å². The minimum absolute atomic E-state index is 0. The van der Waals surface area contributed by atoms with Crippen LogP contribution >= 0.6 is 0 Å². The summed E-state index contributed by atoms with van der Waals surface area (Å²) in [7, 11) is 0. The van der Waals surface area contributed by atoms with Gasteiger partial charge in [-0.05, 0) is 0 Å². The van der Waals surface area contributed by atoms with Crippen molar-refractivity contribution in [3.8, 4) is 0 Å². The summed E-state index contributed by atoms with van der Waals surface area (Å²) in [4.78, 5) is 0. The van der Waals surface area contributed by atoms with Crippen molar-refractivity contribution in [3.05, 3.63) is 0 Å². The van der Waals surface area contributed by atoms with E-state index in [0.29, 0.717) is 6.76 Å². The summed E-state index contributed by atoms with van der Waals surface area (Å²) in [6, 6.07) is 0. The zero-order chi connectivity index (χ0) is 2.71. The molecule has 0 fully saturated rings. The Labute approximate surface area is 41.8 Å². The molecule has 1 radical (unpaired) electrons. The molecule has 0 aliphatic carbocycles. The largest absolute Gasteiger partial charge is 2.00 e. The van der Waals surface area contributed by atoms with E-state index in [4.69, 9.17) is 5.02 Å². The Morgan fingerprint density at radius 1 is 1.75 bits per heavy atom. The zero-order valence-electron chi connectivity index (χ0n) is 1.75. The Balaban J connectivity index is 0. The number of hydrogen-bond acceptors (Lipinski definition) is 2. The summed E-state index contributed by atoms with van der Waals surface area (Å²) >= 11 is 3.71. The van der Waals surface area contributed by atoms with Crippen LogP contribution in [-0.4, -0.2) is 6.76 Å². The van der Waals surface area contributed by atoms with Crippen LogP contribution in [0.15, 0.2) is 0 Å². The fraction of sp³-hybridized carbons (Fsp3) is 0. The second kappa shape index (κ2) is 9.09. The average Bonchev–Trinajstić information content (AvgIpc) is 0.918. The molecule has 0 rings (SSSR count). The van der Waals surface area contributed by atoms with Crippen LogP contribution in [0.2, 0.25) is 0 Å². The van der Waals surface area contributed by atoms with Gasteiger partial charge < -0.3 is 17.5 Å². The van der Waals surface area contributed by atoms with Gasteiger partial charge in [0, 0.05) is 0 Å². The molecular formula is BFeOS. The van der Waals surface area contributed by atoms with Crippen LogP contribution in [0.4, 0.5) is 0 Å². The molecule has 0 atom stereocenters. The van der Waals surface area contributed by atoms with Gasteiger partial charge in [0.15, 0.2) is 0 Å². The third-order valence-electron chi connectivity index (χ3n) is 0. The van der Waals surface area contributed by atoms with Gasteiger partial charge in [0.05, 0.1) is 0 Å². The van der Waals surface area contributed by atoms with Crippen molar-refractivity contribution in [2.75, 3.05) is 0 Å². The maximum Gasteiger partial charge on any atom is 2.00 e. The third-order valence-corrected chi connectivity index (χ3v) is 0. The van der Waals surface area contributed by atoms with E-state index in [9.17, 15) is 0 Å². The molecule has 0 saturated carbocycles. The van der Waals surface area contributed by atoms with Crippen molar-refractivity contribution in [1.29, 1.82) is 0 Å². The minimum Gasteiger partial charge on any atom is -0.904 e. The normalized spacial score (nSPS) is 3.50. The minimum atomic E-state index is 0. The Bertz CT molecular complexity index is 8.00. The van der Waals surface area contributed by atoms with Gasteiger partial charge in [0.1, 0.15) is 0 Å². The molecule has 4 heteroatoms. The van der Waals surface area contributed by atoms with Crippen LogP contribution in [0.25, 0.3) is 0 Å². The first-order valence-electron chi connectivity index (χ1n) is 0.471. The summed E-state index contributed by atoms with van der Waals surface area (Å²) in [6.07, 6.45) is 0. The van der Waals surface area contributed by atoms with Gasteiger partial charge in [-0.3, -0.25) is 0 Å². The second-order valence-corrected chi connectivity index (χ2v) is 0.289. The van der Waals surface area contributed by atoms with Crippen molar-refractivity contribution < 1.29 is 22.1 Å². The van der Waals surface area contributed by atoms with Crippen molar-refractivity contribution in [3.63, 3.8) is 0 Å². The smallest absolute Gasteiger partial charge is 0.904 e. The Kier molecular flexibility index (Phi) is 20.1. The summed E-state index contributed by atoms with van der Waals surface area (Å²) in [5.41, 5.74) is 0. The topological polar surface area (TPSA) is 23.1 Å². The van der Waals surface area contributed by atoms with Crippen LogP contribution in [0, 0.1) is 0 Å². The van der Waals surface area contributed by atoms with E-state index in [0.717, 1.165) is 0 Å². The van der Waals surface area contributed by atoms with Gasteiger partial charge >= 0.3 is 17.1 Å². The molecule has 0 aromatic heterocycles. The average molecular weight is 115 g/mol. The van der Waals surface area contributed by atoms with Crippen molar-refractivity contribution >= 4 is 19.2 Å². The predicted molar refractivity (Wildman–Crippen MR) is 13.1 cm³/mol. The summed E-state index contributed by atoms with van der Waals surface area (Å²) in [6.45, 7) is 0.333. The van der Waals surface area contributed by atoms with Gasteiger partial charge in [0.25, 0.3) is 0 Å². The van der Waals surface area contributed by atoms with Gasteiger partial charge in [-0.25, -0.2) is 6.76 Å². The van der Waals surface area contributed by atoms with Crippen LogP contribution in [0.3, 0.4) is 0 Å². The van der Waals surface area contributed by atoms with Gasteiger partial charge in [0.2, 0.25) is 0 Å². The zero-order valence-corrected chi connectivity index (χ0v) is 3.67. The van der Waals surface area contributed by atoms with E-state index in [1.165, 1.54) is 0 Å². The molecule has 0 spiro atoms. The number of hydrogen-bond donors (Lipinski definition) is 0. The van der Waals surface area contributed by atoms with Gasteiger partial charge in [-0.2, -0.15) is 0 Å². The first-order chi connectivity index (χ1) is 1.41.